The van der Waals surface area contributed by atoms with Crippen molar-refractivity contribution in [2.45, 2.75) is 6.92 Å². The van der Waals surface area contributed by atoms with Crippen LogP contribution < -0.4 is 5.56 Å². The first-order valence-electron chi connectivity index (χ1n) is 5.41. The summed E-state index contributed by atoms with van der Waals surface area (Å²) in [4.78, 5) is 12.1. The van der Waals surface area contributed by atoms with Crippen molar-refractivity contribution in [3.8, 4) is 5.69 Å². The molecule has 0 bridgehead atoms. The second-order valence-electron chi connectivity index (χ2n) is 4.00. The summed E-state index contributed by atoms with van der Waals surface area (Å²) in [6.45, 7) is 1.97. The van der Waals surface area contributed by atoms with Gasteiger partial charge in [0.2, 0.25) is 0 Å². The Morgan fingerprint density at radius 1 is 1.18 bits per heavy atom. The number of aromatic nitrogens is 1. The van der Waals surface area contributed by atoms with Gasteiger partial charge in [0.05, 0.1) is 11.2 Å². The second-order valence-corrected chi connectivity index (χ2v) is 4.78. The van der Waals surface area contributed by atoms with Crippen molar-refractivity contribution in [3.63, 3.8) is 0 Å². The van der Waals surface area contributed by atoms with Crippen molar-refractivity contribution >= 4 is 22.2 Å². The lowest BCUT2D eigenvalue weighted by molar-refractivity contribution is 1.04. The summed E-state index contributed by atoms with van der Waals surface area (Å²) in [6, 6.07) is 11.7. The van der Waals surface area contributed by atoms with Gasteiger partial charge in [-0.3, -0.25) is 9.36 Å². The molecule has 0 spiro atoms. The van der Waals surface area contributed by atoms with E-state index in [1.807, 2.05) is 48.0 Å². The number of hydrogen-bond acceptors (Lipinski definition) is 2. The molecule has 0 unspecified atom stereocenters. The van der Waals surface area contributed by atoms with E-state index in [-0.39, 0.29) is 5.56 Å². The fraction of sp³-hybridized carbons (Fsp3) is 0.0714. The van der Waals surface area contributed by atoms with E-state index in [1.165, 1.54) is 0 Å². The smallest absolute Gasteiger partial charge is 0.255 e. The third kappa shape index (κ3) is 1.59. The molecule has 0 fully saturated rings. The normalized spacial score (nSPS) is 10.9. The highest BCUT2D eigenvalue weighted by atomic mass is 32.1. The van der Waals surface area contributed by atoms with Crippen molar-refractivity contribution < 1.29 is 0 Å². The Morgan fingerprint density at radius 2 is 2.00 bits per heavy atom. The zero-order valence-electron chi connectivity index (χ0n) is 9.38. The minimum Gasteiger partial charge on any atom is -0.276 e. The van der Waals surface area contributed by atoms with Crippen LogP contribution in [0.5, 0.6) is 0 Å². The van der Waals surface area contributed by atoms with Gasteiger partial charge < -0.3 is 0 Å². The van der Waals surface area contributed by atoms with E-state index in [0.717, 1.165) is 22.2 Å². The molecular weight excluding hydrogens is 230 g/mol. The Kier molecular flexibility index (Phi) is 2.34. The lowest BCUT2D eigenvalue weighted by Crippen LogP contribution is -2.17. The van der Waals surface area contributed by atoms with Gasteiger partial charge in [0.25, 0.3) is 5.56 Å². The largest absolute Gasteiger partial charge is 0.276 e. The summed E-state index contributed by atoms with van der Waals surface area (Å²) in [5.74, 6) is 0. The van der Waals surface area contributed by atoms with Crippen LogP contribution in [0.15, 0.2) is 52.0 Å². The van der Waals surface area contributed by atoms with Gasteiger partial charge in [-0.15, -0.1) is 0 Å². The number of benzene rings is 1. The molecule has 0 aliphatic carbocycles. The number of fused-ring (bicyclic) bond motifs is 1. The minimum absolute atomic E-state index is 0.0274. The molecule has 0 N–H and O–H groups in total. The van der Waals surface area contributed by atoms with Gasteiger partial charge in [0.1, 0.15) is 0 Å². The molecule has 0 saturated carbocycles. The van der Waals surface area contributed by atoms with E-state index in [4.69, 9.17) is 0 Å². The number of aryl methyl sites for hydroxylation is 1. The van der Waals surface area contributed by atoms with Gasteiger partial charge in [0, 0.05) is 16.8 Å². The fourth-order valence-corrected chi connectivity index (χ4v) is 2.72. The second kappa shape index (κ2) is 3.86. The highest BCUT2D eigenvalue weighted by Gasteiger charge is 2.07. The topological polar surface area (TPSA) is 22.0 Å². The monoisotopic (exact) mass is 241 g/mol. The minimum atomic E-state index is 0.0274. The standard InChI is InChI=1S/C14H11NOS/c1-10-8-14(16)15(11-6-7-17-9-11)13-5-3-2-4-12(10)13/h2-9H,1H3. The summed E-state index contributed by atoms with van der Waals surface area (Å²) >= 11 is 1.60. The molecule has 2 heterocycles. The molecule has 0 aliphatic heterocycles. The molecule has 0 aliphatic rings. The Hall–Kier alpha value is -1.87. The van der Waals surface area contributed by atoms with Gasteiger partial charge in [-0.05, 0) is 30.0 Å². The number of pyridine rings is 1. The lowest BCUT2D eigenvalue weighted by atomic mass is 10.1. The van der Waals surface area contributed by atoms with E-state index in [1.54, 1.807) is 22.0 Å². The zero-order chi connectivity index (χ0) is 11.8. The van der Waals surface area contributed by atoms with Gasteiger partial charge in [-0.2, -0.15) is 11.3 Å². The van der Waals surface area contributed by atoms with Gasteiger partial charge in [0.15, 0.2) is 0 Å². The van der Waals surface area contributed by atoms with Crippen LogP contribution in [0.3, 0.4) is 0 Å². The van der Waals surface area contributed by atoms with Gasteiger partial charge in [-0.1, -0.05) is 18.2 Å². The molecule has 0 radical (unpaired) electrons. The molecule has 2 aromatic heterocycles. The van der Waals surface area contributed by atoms with E-state index < -0.39 is 0 Å². The Morgan fingerprint density at radius 3 is 2.76 bits per heavy atom. The number of para-hydroxylation sites is 1. The molecule has 0 amide bonds. The molecule has 0 atom stereocenters. The highest BCUT2D eigenvalue weighted by molar-refractivity contribution is 7.08. The Bertz CT molecular complexity index is 726. The van der Waals surface area contributed by atoms with Gasteiger partial charge in [-0.25, -0.2) is 0 Å². The summed E-state index contributed by atoms with van der Waals surface area (Å²) in [7, 11) is 0. The average molecular weight is 241 g/mol. The maximum Gasteiger partial charge on any atom is 0.255 e. The van der Waals surface area contributed by atoms with Crippen molar-refractivity contribution in [2.75, 3.05) is 0 Å². The van der Waals surface area contributed by atoms with Crippen LogP contribution in [0.25, 0.3) is 16.6 Å². The molecule has 3 aromatic rings. The molecule has 84 valence electrons. The van der Waals surface area contributed by atoms with Gasteiger partial charge >= 0.3 is 0 Å². The van der Waals surface area contributed by atoms with Crippen molar-refractivity contribution in [3.05, 3.63) is 63.1 Å². The van der Waals surface area contributed by atoms with Crippen LogP contribution in [0.1, 0.15) is 5.56 Å². The molecular formula is C14H11NOS. The van der Waals surface area contributed by atoms with Crippen molar-refractivity contribution in [2.24, 2.45) is 0 Å². The SMILES string of the molecule is Cc1cc(=O)n(-c2ccsc2)c2ccccc12. The number of thiophene rings is 1. The van der Waals surface area contributed by atoms with Crippen LogP contribution in [-0.2, 0) is 0 Å². The highest BCUT2D eigenvalue weighted by Crippen LogP contribution is 2.20. The lowest BCUT2D eigenvalue weighted by Gasteiger charge is -2.09. The van der Waals surface area contributed by atoms with Crippen LogP contribution in [-0.4, -0.2) is 4.57 Å². The Balaban J connectivity index is 2.50. The molecule has 2 nitrogen and oxygen atoms in total. The summed E-state index contributed by atoms with van der Waals surface area (Å²) in [5, 5.41) is 5.10. The third-order valence-electron chi connectivity index (χ3n) is 2.89. The average Bonchev–Trinajstić information content (AvgIpc) is 2.83. The van der Waals surface area contributed by atoms with Crippen LogP contribution in [0.4, 0.5) is 0 Å². The first-order chi connectivity index (χ1) is 8.27. The summed E-state index contributed by atoms with van der Waals surface area (Å²) < 4.78 is 1.76. The predicted octanol–water partition coefficient (Wildman–Crippen LogP) is 3.36. The molecule has 3 rings (SSSR count). The molecule has 1 aromatic carbocycles. The van der Waals surface area contributed by atoms with E-state index in [2.05, 4.69) is 0 Å². The number of nitrogens with zero attached hydrogens (tertiary/aromatic N) is 1. The summed E-state index contributed by atoms with van der Waals surface area (Å²) in [5.41, 5.74) is 2.96. The molecule has 3 heteroatoms. The van der Waals surface area contributed by atoms with Crippen LogP contribution >= 0.6 is 11.3 Å². The fourth-order valence-electron chi connectivity index (χ4n) is 2.10. The van der Waals surface area contributed by atoms with Crippen molar-refractivity contribution in [1.82, 2.24) is 4.57 Å². The third-order valence-corrected chi connectivity index (χ3v) is 3.57. The zero-order valence-corrected chi connectivity index (χ0v) is 10.2. The van der Waals surface area contributed by atoms with E-state index in [9.17, 15) is 4.79 Å². The van der Waals surface area contributed by atoms with E-state index in [0.29, 0.717) is 0 Å². The van der Waals surface area contributed by atoms with E-state index >= 15 is 0 Å². The molecule has 0 saturated heterocycles. The van der Waals surface area contributed by atoms with Crippen LogP contribution in [0.2, 0.25) is 0 Å². The first-order valence-corrected chi connectivity index (χ1v) is 6.35. The molecule has 17 heavy (non-hydrogen) atoms. The number of hydrogen-bond donors (Lipinski definition) is 0. The maximum atomic E-state index is 12.1. The first kappa shape index (κ1) is 10.3. The van der Waals surface area contributed by atoms with Crippen LogP contribution in [0, 0.1) is 6.92 Å². The Labute approximate surface area is 103 Å². The number of rotatable bonds is 1. The quantitative estimate of drug-likeness (QED) is 0.640. The van der Waals surface area contributed by atoms with Crippen molar-refractivity contribution in [1.29, 1.82) is 0 Å². The maximum absolute atomic E-state index is 12.1. The summed E-state index contributed by atoms with van der Waals surface area (Å²) in [6.07, 6.45) is 0. The predicted molar refractivity (Wildman–Crippen MR) is 72.2 cm³/mol.